The van der Waals surface area contributed by atoms with E-state index in [0.29, 0.717) is 0 Å². The van der Waals surface area contributed by atoms with Crippen molar-refractivity contribution in [3.63, 3.8) is 0 Å². The third kappa shape index (κ3) is 4.36. The molecule has 1 amide bonds. The lowest BCUT2D eigenvalue weighted by Crippen LogP contribution is -2.40. The summed E-state index contributed by atoms with van der Waals surface area (Å²) < 4.78 is 1.85. The van der Waals surface area contributed by atoms with E-state index in [2.05, 4.69) is 63.5 Å². The van der Waals surface area contributed by atoms with Crippen molar-refractivity contribution in [3.8, 4) is 5.69 Å². The summed E-state index contributed by atoms with van der Waals surface area (Å²) in [6.45, 7) is 5.87. The van der Waals surface area contributed by atoms with Gasteiger partial charge in [0.15, 0.2) is 0 Å². The molecule has 4 aromatic rings. The number of likely N-dealkylation sites (tertiary alicyclic amines) is 1. The fourth-order valence-electron chi connectivity index (χ4n) is 4.82. The smallest absolute Gasteiger partial charge is 0.226 e. The number of likely N-dealkylation sites (N-methyl/N-ethyl adjacent to an activating group) is 1. The molecule has 7 heteroatoms. The van der Waals surface area contributed by atoms with Crippen LogP contribution in [0.25, 0.3) is 16.6 Å². The molecule has 0 aliphatic carbocycles. The standard InChI is InChI=1S/C26H28N6O/c1-17-6-4-5-7-22(17)23-15-31(3)16-24(23)30-26(33)12-20-11-19-13-29-32(25(19)14-28-20)21-8-9-27-18(2)10-21/h4-11,13-14,23-24H,12,15-16H2,1-3H3,(H,30,33)/t23-,24+/m0/s1. The average molecular weight is 441 g/mol. The Morgan fingerprint density at radius 3 is 2.76 bits per heavy atom. The van der Waals surface area contributed by atoms with Crippen molar-refractivity contribution >= 4 is 16.8 Å². The van der Waals surface area contributed by atoms with Crippen molar-refractivity contribution in [1.29, 1.82) is 0 Å². The normalized spacial score (nSPS) is 18.6. The van der Waals surface area contributed by atoms with Crippen molar-refractivity contribution in [3.05, 3.63) is 83.6 Å². The molecule has 1 aliphatic rings. The van der Waals surface area contributed by atoms with Crippen molar-refractivity contribution < 1.29 is 4.79 Å². The van der Waals surface area contributed by atoms with Gasteiger partial charge in [-0.1, -0.05) is 24.3 Å². The lowest BCUT2D eigenvalue weighted by molar-refractivity contribution is -0.121. The van der Waals surface area contributed by atoms with Crippen molar-refractivity contribution in [1.82, 2.24) is 30.0 Å². The topological polar surface area (TPSA) is 75.9 Å². The predicted octanol–water partition coefficient (Wildman–Crippen LogP) is 3.19. The second-order valence-electron chi connectivity index (χ2n) is 8.98. The first-order valence-corrected chi connectivity index (χ1v) is 11.3. The van der Waals surface area contributed by atoms with Gasteiger partial charge in [0.1, 0.15) is 0 Å². The van der Waals surface area contributed by atoms with Crippen molar-refractivity contribution in [2.75, 3.05) is 20.1 Å². The summed E-state index contributed by atoms with van der Waals surface area (Å²) in [5.41, 5.74) is 6.10. The molecule has 0 saturated carbocycles. The summed E-state index contributed by atoms with van der Waals surface area (Å²) in [5, 5.41) is 8.74. The lowest BCUT2D eigenvalue weighted by Gasteiger charge is -2.22. The average Bonchev–Trinajstić information content (AvgIpc) is 3.37. The number of nitrogens with zero attached hydrogens (tertiary/aromatic N) is 5. The largest absolute Gasteiger partial charge is 0.351 e. The number of aryl methyl sites for hydroxylation is 2. The molecule has 0 spiro atoms. The molecule has 5 rings (SSSR count). The molecule has 1 aliphatic heterocycles. The van der Waals surface area contributed by atoms with Crippen LogP contribution in [0.4, 0.5) is 0 Å². The van der Waals surface area contributed by atoms with Crippen LogP contribution in [-0.2, 0) is 11.2 Å². The van der Waals surface area contributed by atoms with E-state index in [-0.39, 0.29) is 24.3 Å². The molecule has 1 aromatic carbocycles. The number of hydrogen-bond acceptors (Lipinski definition) is 5. The second-order valence-corrected chi connectivity index (χ2v) is 8.98. The van der Waals surface area contributed by atoms with Crippen LogP contribution >= 0.6 is 0 Å². The third-order valence-corrected chi connectivity index (χ3v) is 6.41. The maximum atomic E-state index is 12.9. The van der Waals surface area contributed by atoms with Gasteiger partial charge in [0.25, 0.3) is 0 Å². The van der Waals surface area contributed by atoms with Gasteiger partial charge in [-0.15, -0.1) is 0 Å². The molecule has 2 atom stereocenters. The zero-order valence-corrected chi connectivity index (χ0v) is 19.2. The summed E-state index contributed by atoms with van der Waals surface area (Å²) in [6, 6.07) is 14.4. The molecule has 3 aromatic heterocycles. The molecule has 0 radical (unpaired) electrons. The molecule has 0 unspecified atom stereocenters. The van der Waals surface area contributed by atoms with E-state index in [1.54, 1.807) is 12.4 Å². The molecule has 33 heavy (non-hydrogen) atoms. The molecule has 7 nitrogen and oxygen atoms in total. The SMILES string of the molecule is Cc1cc(-n2ncc3cc(CC(=O)N[C@@H]4CN(C)C[C@H]4c4ccccc4C)ncc32)ccn1. The number of aromatic nitrogens is 4. The van der Waals surface area contributed by atoms with E-state index in [1.165, 1.54) is 11.1 Å². The number of carbonyl (C=O) groups excluding carboxylic acids is 1. The Kier molecular flexibility index (Phi) is 5.64. The monoisotopic (exact) mass is 440 g/mol. The van der Waals surface area contributed by atoms with Gasteiger partial charge >= 0.3 is 0 Å². The first-order chi connectivity index (χ1) is 16.0. The Balaban J connectivity index is 1.31. The molecule has 4 heterocycles. The Morgan fingerprint density at radius 2 is 1.94 bits per heavy atom. The predicted molar refractivity (Wildman–Crippen MR) is 128 cm³/mol. The van der Waals surface area contributed by atoms with E-state index in [1.807, 2.05) is 36.0 Å². The van der Waals surface area contributed by atoms with E-state index in [4.69, 9.17) is 0 Å². The van der Waals surface area contributed by atoms with Gasteiger partial charge in [0.2, 0.25) is 5.91 Å². The van der Waals surface area contributed by atoms with Crippen LogP contribution in [-0.4, -0.2) is 56.7 Å². The Morgan fingerprint density at radius 1 is 1.09 bits per heavy atom. The molecular formula is C26H28N6O. The van der Waals surface area contributed by atoms with Gasteiger partial charge in [-0.2, -0.15) is 5.10 Å². The number of pyridine rings is 2. The maximum absolute atomic E-state index is 12.9. The highest BCUT2D eigenvalue weighted by Crippen LogP contribution is 2.29. The number of nitrogens with one attached hydrogen (secondary N) is 1. The van der Waals surface area contributed by atoms with Gasteiger partial charge in [-0.05, 0) is 50.2 Å². The summed E-state index contributed by atoms with van der Waals surface area (Å²) in [7, 11) is 2.11. The van der Waals surface area contributed by atoms with E-state index < -0.39 is 0 Å². The quantitative estimate of drug-likeness (QED) is 0.516. The van der Waals surface area contributed by atoms with E-state index in [9.17, 15) is 4.79 Å². The molecule has 1 fully saturated rings. The lowest BCUT2D eigenvalue weighted by atomic mass is 9.91. The zero-order chi connectivity index (χ0) is 22.9. The van der Waals surface area contributed by atoms with Gasteiger partial charge in [-0.3, -0.25) is 14.8 Å². The van der Waals surface area contributed by atoms with Gasteiger partial charge in [0.05, 0.1) is 35.7 Å². The summed E-state index contributed by atoms with van der Waals surface area (Å²) in [4.78, 5) is 24.0. The Bertz CT molecular complexity index is 1310. The molecule has 1 saturated heterocycles. The van der Waals surface area contributed by atoms with Crippen molar-refractivity contribution in [2.24, 2.45) is 0 Å². The summed E-state index contributed by atoms with van der Waals surface area (Å²) in [5.74, 6) is 0.288. The summed E-state index contributed by atoms with van der Waals surface area (Å²) >= 11 is 0. The molecular weight excluding hydrogens is 412 g/mol. The fraction of sp³-hybridized carbons (Fsp3) is 0.308. The maximum Gasteiger partial charge on any atom is 0.226 e. The van der Waals surface area contributed by atoms with Crippen LogP contribution in [0.1, 0.15) is 28.4 Å². The van der Waals surface area contributed by atoms with Crippen LogP contribution < -0.4 is 5.32 Å². The first kappa shape index (κ1) is 21.3. The first-order valence-electron chi connectivity index (χ1n) is 11.3. The fourth-order valence-corrected chi connectivity index (χ4v) is 4.82. The van der Waals surface area contributed by atoms with Gasteiger partial charge in [0, 0.05) is 42.3 Å². The number of amides is 1. The van der Waals surface area contributed by atoms with Gasteiger partial charge in [-0.25, -0.2) is 4.68 Å². The zero-order valence-electron chi connectivity index (χ0n) is 19.2. The minimum atomic E-state index is -0.00196. The third-order valence-electron chi connectivity index (χ3n) is 6.41. The van der Waals surface area contributed by atoms with Crippen LogP contribution in [0.2, 0.25) is 0 Å². The number of fused-ring (bicyclic) bond motifs is 1. The molecule has 0 bridgehead atoms. The van der Waals surface area contributed by atoms with Gasteiger partial charge < -0.3 is 10.2 Å². The van der Waals surface area contributed by atoms with Crippen molar-refractivity contribution in [2.45, 2.75) is 32.2 Å². The number of benzene rings is 1. The number of hydrogen-bond donors (Lipinski definition) is 1. The Labute approximate surface area is 193 Å². The molecule has 168 valence electrons. The highest BCUT2D eigenvalue weighted by Gasteiger charge is 2.33. The number of carbonyl (C=O) groups is 1. The minimum absolute atomic E-state index is 0.00196. The van der Waals surface area contributed by atoms with Crippen LogP contribution in [0, 0.1) is 13.8 Å². The van der Waals surface area contributed by atoms with Crippen LogP contribution in [0.3, 0.4) is 0 Å². The second kappa shape index (κ2) is 8.75. The summed E-state index contributed by atoms with van der Waals surface area (Å²) in [6.07, 6.45) is 5.62. The Hall–Kier alpha value is -3.58. The number of rotatable bonds is 5. The van der Waals surface area contributed by atoms with E-state index in [0.717, 1.165) is 41.1 Å². The molecule has 1 N–H and O–H groups in total. The van der Waals surface area contributed by atoms with Crippen LogP contribution in [0.15, 0.2) is 61.1 Å². The highest BCUT2D eigenvalue weighted by atomic mass is 16.1. The minimum Gasteiger partial charge on any atom is -0.351 e. The van der Waals surface area contributed by atoms with Crippen LogP contribution in [0.5, 0.6) is 0 Å². The highest BCUT2D eigenvalue weighted by molar-refractivity contribution is 5.83. The van der Waals surface area contributed by atoms with E-state index >= 15 is 0 Å².